The second-order valence-corrected chi connectivity index (χ2v) is 8.31. The average molecular weight is 488 g/mol. The van der Waals surface area contributed by atoms with Gasteiger partial charge < -0.3 is 4.74 Å². The third-order valence-corrected chi connectivity index (χ3v) is 5.72. The van der Waals surface area contributed by atoms with E-state index in [4.69, 9.17) is 51.1 Å². The molecule has 0 spiro atoms. The summed E-state index contributed by atoms with van der Waals surface area (Å²) in [6.45, 7) is -0.278. The number of thiazole rings is 1. The summed E-state index contributed by atoms with van der Waals surface area (Å²) >= 11 is 25.6. The van der Waals surface area contributed by atoms with E-state index in [0.29, 0.717) is 42.1 Å². The zero-order chi connectivity index (χ0) is 20.5. The maximum absolute atomic E-state index is 12.2. The largest absolute Gasteiger partial charge is 0.482 e. The lowest BCUT2D eigenvalue weighted by molar-refractivity contribution is -0.118. The van der Waals surface area contributed by atoms with E-state index in [1.54, 1.807) is 34.8 Å². The van der Waals surface area contributed by atoms with Crippen LogP contribution in [0.15, 0.2) is 41.8 Å². The molecule has 0 unspecified atom stereocenters. The van der Waals surface area contributed by atoms with Crippen LogP contribution in [0.25, 0.3) is 16.2 Å². The summed E-state index contributed by atoms with van der Waals surface area (Å²) in [5, 5.41) is 10.7. The van der Waals surface area contributed by atoms with Crippen molar-refractivity contribution in [3.63, 3.8) is 0 Å². The topological polar surface area (TPSA) is 68.5 Å². The van der Waals surface area contributed by atoms with E-state index in [2.05, 4.69) is 15.4 Å². The first-order valence-electron chi connectivity index (χ1n) is 8.08. The lowest BCUT2D eigenvalue weighted by Crippen LogP contribution is -2.21. The van der Waals surface area contributed by atoms with Crippen LogP contribution < -0.4 is 10.1 Å². The Bertz CT molecular complexity index is 1220. The van der Waals surface area contributed by atoms with Crippen LogP contribution in [0.3, 0.4) is 0 Å². The molecule has 2 aromatic heterocycles. The van der Waals surface area contributed by atoms with Crippen LogP contribution in [-0.4, -0.2) is 27.1 Å². The molecule has 29 heavy (non-hydrogen) atoms. The smallest absolute Gasteiger partial charge is 0.264 e. The fourth-order valence-electron chi connectivity index (χ4n) is 2.51. The number of halogens is 4. The molecule has 2 aromatic carbocycles. The SMILES string of the molecule is O=C(COc1cc(Cl)ccc1Cl)Nc1nc2scc(-c3cc(Cl)ccc3Cl)n2n1. The van der Waals surface area contributed by atoms with Crippen molar-refractivity contribution in [1.82, 2.24) is 14.6 Å². The fourth-order valence-corrected chi connectivity index (χ4v) is 4.05. The average Bonchev–Trinajstić information content (AvgIpc) is 3.24. The molecule has 0 atom stereocenters. The highest BCUT2D eigenvalue weighted by molar-refractivity contribution is 7.15. The lowest BCUT2D eigenvalue weighted by Gasteiger charge is -2.07. The molecule has 0 aliphatic carbocycles. The number of benzene rings is 2. The number of amides is 1. The molecule has 0 aliphatic heterocycles. The number of aromatic nitrogens is 3. The number of anilines is 1. The molecule has 0 fully saturated rings. The minimum atomic E-state index is -0.443. The van der Waals surface area contributed by atoms with Crippen molar-refractivity contribution in [2.75, 3.05) is 11.9 Å². The summed E-state index contributed by atoms with van der Waals surface area (Å²) in [5.41, 5.74) is 1.43. The van der Waals surface area contributed by atoms with Gasteiger partial charge in [0.15, 0.2) is 6.61 Å². The van der Waals surface area contributed by atoms with Gasteiger partial charge in [0, 0.05) is 27.1 Å². The standard InChI is InChI=1S/C18H10Cl4N4O2S/c19-9-1-3-12(21)11(5-9)14-8-29-18-24-17(25-26(14)18)23-16(27)7-28-15-6-10(20)2-4-13(15)22/h1-6,8H,7H2,(H,23,25,27). The predicted octanol–water partition coefficient (Wildman–Crippen LogP) is 6.09. The lowest BCUT2D eigenvalue weighted by atomic mass is 10.2. The monoisotopic (exact) mass is 486 g/mol. The van der Waals surface area contributed by atoms with Crippen molar-refractivity contribution in [3.05, 3.63) is 61.9 Å². The van der Waals surface area contributed by atoms with E-state index in [9.17, 15) is 4.79 Å². The minimum Gasteiger partial charge on any atom is -0.482 e. The summed E-state index contributed by atoms with van der Waals surface area (Å²) in [4.78, 5) is 17.1. The Kier molecular flexibility index (Phi) is 5.85. The van der Waals surface area contributed by atoms with Gasteiger partial charge in [-0.15, -0.1) is 16.4 Å². The first-order valence-corrected chi connectivity index (χ1v) is 10.5. The fraction of sp³-hybridized carbons (Fsp3) is 0.0556. The van der Waals surface area contributed by atoms with Crippen LogP contribution in [-0.2, 0) is 4.79 Å². The molecule has 0 saturated heterocycles. The van der Waals surface area contributed by atoms with Gasteiger partial charge in [-0.2, -0.15) is 4.98 Å². The van der Waals surface area contributed by atoms with E-state index < -0.39 is 5.91 Å². The van der Waals surface area contributed by atoms with Crippen molar-refractivity contribution in [3.8, 4) is 17.0 Å². The van der Waals surface area contributed by atoms with E-state index in [0.717, 1.165) is 0 Å². The molecule has 0 radical (unpaired) electrons. The molecule has 1 amide bonds. The zero-order valence-electron chi connectivity index (χ0n) is 14.3. The van der Waals surface area contributed by atoms with Crippen molar-refractivity contribution < 1.29 is 9.53 Å². The van der Waals surface area contributed by atoms with Gasteiger partial charge in [-0.3, -0.25) is 10.1 Å². The Balaban J connectivity index is 1.50. The van der Waals surface area contributed by atoms with Gasteiger partial charge in [0.1, 0.15) is 5.75 Å². The molecule has 11 heteroatoms. The number of ether oxygens (including phenoxy) is 1. The molecule has 4 aromatic rings. The molecule has 0 saturated carbocycles. The van der Waals surface area contributed by atoms with Crippen LogP contribution in [0.4, 0.5) is 5.95 Å². The molecular weight excluding hydrogens is 478 g/mol. The zero-order valence-corrected chi connectivity index (χ0v) is 18.2. The van der Waals surface area contributed by atoms with Gasteiger partial charge in [-0.05, 0) is 30.3 Å². The first kappa shape index (κ1) is 20.3. The number of fused-ring (bicyclic) bond motifs is 1. The Hall–Kier alpha value is -2.03. The summed E-state index contributed by atoms with van der Waals surface area (Å²) in [5.74, 6) is 0.00894. The van der Waals surface area contributed by atoms with E-state index in [-0.39, 0.29) is 12.6 Å². The number of hydrogen-bond donors (Lipinski definition) is 1. The Morgan fingerprint density at radius 3 is 2.59 bits per heavy atom. The number of nitrogens with zero attached hydrogens (tertiary/aromatic N) is 3. The van der Waals surface area contributed by atoms with Crippen LogP contribution >= 0.6 is 57.7 Å². The summed E-state index contributed by atoms with van der Waals surface area (Å²) in [6.07, 6.45) is 0. The van der Waals surface area contributed by atoms with Gasteiger partial charge in [0.2, 0.25) is 4.96 Å². The molecule has 0 bridgehead atoms. The number of carbonyl (C=O) groups is 1. The number of rotatable bonds is 5. The highest BCUT2D eigenvalue weighted by Gasteiger charge is 2.16. The van der Waals surface area contributed by atoms with Gasteiger partial charge >= 0.3 is 0 Å². The van der Waals surface area contributed by atoms with Crippen LogP contribution in [0.2, 0.25) is 20.1 Å². The summed E-state index contributed by atoms with van der Waals surface area (Å²) in [7, 11) is 0. The molecule has 6 nitrogen and oxygen atoms in total. The van der Waals surface area contributed by atoms with Crippen molar-refractivity contribution in [1.29, 1.82) is 0 Å². The molecule has 4 rings (SSSR count). The van der Waals surface area contributed by atoms with E-state index in [1.165, 1.54) is 17.4 Å². The minimum absolute atomic E-state index is 0.141. The Morgan fingerprint density at radius 2 is 1.79 bits per heavy atom. The normalized spacial score (nSPS) is 11.0. The quantitative estimate of drug-likeness (QED) is 0.369. The molecular formula is C18H10Cl4N4O2S. The second-order valence-electron chi connectivity index (χ2n) is 5.79. The number of nitrogens with one attached hydrogen (secondary N) is 1. The van der Waals surface area contributed by atoms with E-state index >= 15 is 0 Å². The third kappa shape index (κ3) is 4.44. The molecule has 1 N–H and O–H groups in total. The van der Waals surface area contributed by atoms with Crippen molar-refractivity contribution >= 4 is 74.6 Å². The summed E-state index contributed by atoms with van der Waals surface area (Å²) < 4.78 is 7.00. The highest BCUT2D eigenvalue weighted by Crippen LogP contribution is 2.33. The van der Waals surface area contributed by atoms with Crippen LogP contribution in [0.1, 0.15) is 0 Å². The summed E-state index contributed by atoms with van der Waals surface area (Å²) in [6, 6.07) is 9.90. The maximum Gasteiger partial charge on any atom is 0.264 e. The first-order chi connectivity index (χ1) is 13.9. The predicted molar refractivity (Wildman–Crippen MR) is 117 cm³/mol. The van der Waals surface area contributed by atoms with Gasteiger partial charge in [0.05, 0.1) is 15.7 Å². The van der Waals surface area contributed by atoms with Crippen LogP contribution in [0, 0.1) is 0 Å². The Morgan fingerprint density at radius 1 is 1.07 bits per heavy atom. The number of hydrogen-bond acceptors (Lipinski definition) is 5. The number of carbonyl (C=O) groups excluding carboxylic acids is 1. The second kappa shape index (κ2) is 8.38. The molecule has 0 aliphatic rings. The van der Waals surface area contributed by atoms with Gasteiger partial charge in [0.25, 0.3) is 11.9 Å². The highest BCUT2D eigenvalue weighted by atomic mass is 35.5. The third-order valence-electron chi connectivity index (χ3n) is 3.79. The van der Waals surface area contributed by atoms with Gasteiger partial charge in [-0.25, -0.2) is 4.52 Å². The van der Waals surface area contributed by atoms with Crippen molar-refractivity contribution in [2.24, 2.45) is 0 Å². The van der Waals surface area contributed by atoms with E-state index in [1.807, 2.05) is 5.38 Å². The molecule has 2 heterocycles. The maximum atomic E-state index is 12.2. The Labute approximate surface area is 188 Å². The van der Waals surface area contributed by atoms with Gasteiger partial charge in [-0.1, -0.05) is 46.4 Å². The molecule has 148 valence electrons. The van der Waals surface area contributed by atoms with Crippen molar-refractivity contribution in [2.45, 2.75) is 0 Å². The van der Waals surface area contributed by atoms with Crippen LogP contribution in [0.5, 0.6) is 5.75 Å².